The Labute approximate surface area is 107 Å². The van der Waals surface area contributed by atoms with Crippen LogP contribution < -0.4 is 4.74 Å². The van der Waals surface area contributed by atoms with E-state index in [1.807, 2.05) is 12.3 Å². The quantitative estimate of drug-likeness (QED) is 0.925. The van der Waals surface area contributed by atoms with E-state index in [0.717, 1.165) is 16.8 Å². The molecular weight excluding hydrogens is 257 g/mol. The highest BCUT2D eigenvalue weighted by Crippen LogP contribution is 2.18. The lowest BCUT2D eigenvalue weighted by atomic mass is 10.2. The number of hydrogen-bond donors (Lipinski definition) is 1. The Morgan fingerprint density at radius 3 is 2.89 bits per heavy atom. The topological polar surface area (TPSA) is 59.4 Å². The smallest absolute Gasteiger partial charge is 0.338 e. The number of ether oxygens (including phenoxy) is 1. The highest BCUT2D eigenvalue weighted by atomic mass is 32.1. The van der Waals surface area contributed by atoms with Crippen molar-refractivity contribution in [3.8, 4) is 5.75 Å². The summed E-state index contributed by atoms with van der Waals surface area (Å²) < 4.78 is 18.7. The third-order valence-electron chi connectivity index (χ3n) is 2.22. The van der Waals surface area contributed by atoms with Gasteiger partial charge in [-0.2, -0.15) is 0 Å². The first-order valence-corrected chi connectivity index (χ1v) is 6.01. The Kier molecular flexibility index (Phi) is 3.57. The van der Waals surface area contributed by atoms with E-state index in [-0.39, 0.29) is 17.9 Å². The van der Waals surface area contributed by atoms with Crippen molar-refractivity contribution < 1.29 is 19.0 Å². The largest absolute Gasteiger partial charge is 0.487 e. The number of carboxylic acid groups (broad SMARTS) is 1. The zero-order valence-electron chi connectivity index (χ0n) is 9.51. The SMILES string of the molecule is Cc1nc(COc2ccc(C(=O)O)c(F)c2)cs1. The van der Waals surface area contributed by atoms with Crippen LogP contribution in [0.2, 0.25) is 0 Å². The van der Waals surface area contributed by atoms with E-state index >= 15 is 0 Å². The van der Waals surface area contributed by atoms with Crippen LogP contribution in [0.5, 0.6) is 5.75 Å². The van der Waals surface area contributed by atoms with Crippen LogP contribution in [0.4, 0.5) is 4.39 Å². The van der Waals surface area contributed by atoms with Gasteiger partial charge in [0.05, 0.1) is 16.3 Å². The monoisotopic (exact) mass is 267 g/mol. The van der Waals surface area contributed by atoms with Crippen LogP contribution in [0.15, 0.2) is 23.6 Å². The number of benzene rings is 1. The summed E-state index contributed by atoms with van der Waals surface area (Å²) in [5, 5.41) is 11.5. The van der Waals surface area contributed by atoms with Crippen molar-refractivity contribution in [2.75, 3.05) is 0 Å². The molecule has 2 aromatic rings. The van der Waals surface area contributed by atoms with Gasteiger partial charge in [0.25, 0.3) is 0 Å². The number of aryl methyl sites for hydroxylation is 1. The van der Waals surface area contributed by atoms with Gasteiger partial charge in [0.1, 0.15) is 18.2 Å². The molecule has 0 amide bonds. The van der Waals surface area contributed by atoms with Crippen molar-refractivity contribution in [1.82, 2.24) is 4.98 Å². The fourth-order valence-electron chi connectivity index (χ4n) is 1.39. The Hall–Kier alpha value is -1.95. The molecule has 0 unspecified atom stereocenters. The van der Waals surface area contributed by atoms with Crippen molar-refractivity contribution >= 4 is 17.3 Å². The molecule has 0 aliphatic carbocycles. The molecule has 2 rings (SSSR count). The van der Waals surface area contributed by atoms with Gasteiger partial charge in [-0.3, -0.25) is 0 Å². The number of nitrogens with zero attached hydrogens (tertiary/aromatic N) is 1. The fraction of sp³-hybridized carbons (Fsp3) is 0.167. The summed E-state index contributed by atoms with van der Waals surface area (Å²) >= 11 is 1.51. The number of halogens is 1. The molecule has 18 heavy (non-hydrogen) atoms. The first kappa shape index (κ1) is 12.5. The van der Waals surface area contributed by atoms with E-state index in [4.69, 9.17) is 9.84 Å². The Morgan fingerprint density at radius 2 is 2.33 bits per heavy atom. The molecule has 4 nitrogen and oxygen atoms in total. The number of hydrogen-bond acceptors (Lipinski definition) is 4. The van der Waals surface area contributed by atoms with Gasteiger partial charge < -0.3 is 9.84 Å². The molecule has 0 aliphatic heterocycles. The molecule has 0 radical (unpaired) electrons. The number of carboxylic acids is 1. The number of thiazole rings is 1. The third kappa shape index (κ3) is 2.84. The Bertz CT molecular complexity index is 582. The molecule has 0 saturated heterocycles. The number of rotatable bonds is 4. The lowest BCUT2D eigenvalue weighted by molar-refractivity contribution is 0.0692. The first-order chi connectivity index (χ1) is 8.56. The summed E-state index contributed by atoms with van der Waals surface area (Å²) in [6.45, 7) is 2.12. The highest BCUT2D eigenvalue weighted by Gasteiger charge is 2.11. The van der Waals surface area contributed by atoms with Crippen LogP contribution in [-0.4, -0.2) is 16.1 Å². The zero-order chi connectivity index (χ0) is 13.1. The average molecular weight is 267 g/mol. The van der Waals surface area contributed by atoms with Crippen molar-refractivity contribution in [2.24, 2.45) is 0 Å². The molecule has 0 fully saturated rings. The second kappa shape index (κ2) is 5.14. The van der Waals surface area contributed by atoms with Crippen molar-refractivity contribution in [2.45, 2.75) is 13.5 Å². The minimum Gasteiger partial charge on any atom is -0.487 e. The first-order valence-electron chi connectivity index (χ1n) is 5.13. The fourth-order valence-corrected chi connectivity index (χ4v) is 1.99. The molecule has 94 valence electrons. The van der Waals surface area contributed by atoms with E-state index in [1.54, 1.807) is 0 Å². The maximum absolute atomic E-state index is 13.4. The van der Waals surface area contributed by atoms with Gasteiger partial charge in [0, 0.05) is 11.4 Å². The van der Waals surface area contributed by atoms with Gasteiger partial charge in [0.2, 0.25) is 0 Å². The average Bonchev–Trinajstić information content (AvgIpc) is 2.72. The minimum absolute atomic E-state index is 0.232. The summed E-state index contributed by atoms with van der Waals surface area (Å²) in [6, 6.07) is 3.66. The van der Waals surface area contributed by atoms with Gasteiger partial charge >= 0.3 is 5.97 Å². The van der Waals surface area contributed by atoms with Crippen molar-refractivity contribution in [3.63, 3.8) is 0 Å². The van der Waals surface area contributed by atoms with E-state index in [9.17, 15) is 9.18 Å². The van der Waals surface area contributed by atoms with Crippen LogP contribution in [0.1, 0.15) is 21.1 Å². The number of aromatic carboxylic acids is 1. The van der Waals surface area contributed by atoms with Crippen LogP contribution in [0.25, 0.3) is 0 Å². The van der Waals surface area contributed by atoms with Gasteiger partial charge in [-0.1, -0.05) is 0 Å². The van der Waals surface area contributed by atoms with E-state index < -0.39 is 11.8 Å². The van der Waals surface area contributed by atoms with Crippen LogP contribution >= 0.6 is 11.3 Å². The molecule has 0 atom stereocenters. The predicted molar refractivity (Wildman–Crippen MR) is 64.5 cm³/mol. The number of aromatic nitrogens is 1. The molecule has 6 heteroatoms. The molecule has 1 aromatic heterocycles. The summed E-state index contributed by atoms with van der Waals surface area (Å²) in [4.78, 5) is 14.8. The zero-order valence-corrected chi connectivity index (χ0v) is 10.3. The lowest BCUT2D eigenvalue weighted by Gasteiger charge is -2.05. The normalized spacial score (nSPS) is 10.3. The van der Waals surface area contributed by atoms with Gasteiger partial charge in [-0.15, -0.1) is 11.3 Å². The molecule has 1 N–H and O–H groups in total. The second-order valence-corrected chi connectivity index (χ2v) is 4.66. The highest BCUT2D eigenvalue weighted by molar-refractivity contribution is 7.09. The maximum atomic E-state index is 13.4. The van der Waals surface area contributed by atoms with Gasteiger partial charge in [-0.05, 0) is 19.1 Å². The number of carbonyl (C=O) groups is 1. The predicted octanol–water partition coefficient (Wildman–Crippen LogP) is 2.87. The minimum atomic E-state index is -1.30. The molecule has 1 heterocycles. The molecular formula is C12H10FNO3S. The summed E-state index contributed by atoms with van der Waals surface area (Å²) in [5.74, 6) is -1.83. The summed E-state index contributed by atoms with van der Waals surface area (Å²) in [6.07, 6.45) is 0. The van der Waals surface area contributed by atoms with Gasteiger partial charge in [0.15, 0.2) is 0 Å². The van der Waals surface area contributed by atoms with Crippen LogP contribution in [0.3, 0.4) is 0 Å². The molecule has 0 bridgehead atoms. The Balaban J connectivity index is 2.06. The van der Waals surface area contributed by atoms with Crippen LogP contribution in [0, 0.1) is 12.7 Å². The molecule has 0 spiro atoms. The van der Waals surface area contributed by atoms with E-state index in [1.165, 1.54) is 23.5 Å². The lowest BCUT2D eigenvalue weighted by Crippen LogP contribution is -2.02. The van der Waals surface area contributed by atoms with Crippen LogP contribution in [-0.2, 0) is 6.61 Å². The Morgan fingerprint density at radius 1 is 1.56 bits per heavy atom. The van der Waals surface area contributed by atoms with E-state index in [2.05, 4.69) is 4.98 Å². The summed E-state index contributed by atoms with van der Waals surface area (Å²) in [5.41, 5.74) is 0.395. The molecule has 0 aliphatic rings. The standard InChI is InChI=1S/C12H10FNO3S/c1-7-14-8(6-18-7)5-17-9-2-3-10(12(15)16)11(13)4-9/h2-4,6H,5H2,1H3,(H,15,16). The maximum Gasteiger partial charge on any atom is 0.338 e. The van der Waals surface area contributed by atoms with E-state index in [0.29, 0.717) is 0 Å². The van der Waals surface area contributed by atoms with Crippen molar-refractivity contribution in [3.05, 3.63) is 45.7 Å². The molecule has 1 aromatic carbocycles. The summed E-state index contributed by atoms with van der Waals surface area (Å²) in [7, 11) is 0. The third-order valence-corrected chi connectivity index (χ3v) is 3.05. The van der Waals surface area contributed by atoms with Gasteiger partial charge in [-0.25, -0.2) is 14.2 Å². The second-order valence-electron chi connectivity index (χ2n) is 3.59. The molecule has 0 saturated carbocycles. The van der Waals surface area contributed by atoms with Crippen molar-refractivity contribution in [1.29, 1.82) is 0 Å².